The Kier molecular flexibility index (Phi) is 2.74. The number of nitrogens with one attached hydrogen (secondary N) is 1. The van der Waals surface area contributed by atoms with Gasteiger partial charge in [0.15, 0.2) is 5.82 Å². The molecule has 7 nitrogen and oxygen atoms in total. The Morgan fingerprint density at radius 2 is 2.27 bits per heavy atom. The minimum absolute atomic E-state index is 0.0469. The summed E-state index contributed by atoms with van der Waals surface area (Å²) in [5.41, 5.74) is -0.551. The van der Waals surface area contributed by atoms with Crippen molar-refractivity contribution in [2.75, 3.05) is 7.04 Å². The highest BCUT2D eigenvalue weighted by atomic mass is 16.5. The molecule has 2 aromatic heterocycles. The molecular formula is C15H18N4O3. The molecular weight excluding hydrogens is 284 g/mol. The minimum Gasteiger partial charge on any atom is -0.480 e. The van der Waals surface area contributed by atoms with Crippen LogP contribution in [0.5, 0.6) is 5.88 Å². The van der Waals surface area contributed by atoms with Gasteiger partial charge in [0.25, 0.3) is 5.56 Å². The average Bonchev–Trinajstić information content (AvgIpc) is 3.27. The van der Waals surface area contributed by atoms with Gasteiger partial charge in [-0.1, -0.05) is 13.8 Å². The van der Waals surface area contributed by atoms with E-state index in [2.05, 4.69) is 29.0 Å². The van der Waals surface area contributed by atoms with Crippen molar-refractivity contribution in [2.45, 2.75) is 26.2 Å². The van der Waals surface area contributed by atoms with Crippen molar-refractivity contribution in [1.82, 2.24) is 19.7 Å². The fourth-order valence-corrected chi connectivity index (χ4v) is 2.75. The first-order valence-corrected chi connectivity index (χ1v) is 7.05. The van der Waals surface area contributed by atoms with Gasteiger partial charge in [-0.05, 0) is 30.2 Å². The summed E-state index contributed by atoms with van der Waals surface area (Å²) in [6, 6.07) is 2.80. The van der Waals surface area contributed by atoms with Gasteiger partial charge in [0.2, 0.25) is 5.88 Å². The Morgan fingerprint density at radius 1 is 1.45 bits per heavy atom. The number of rotatable bonds is 4. The molecule has 0 spiro atoms. The molecule has 116 valence electrons. The Bertz CT molecular complexity index is 904. The lowest BCUT2D eigenvalue weighted by atomic mass is 10.0. The molecule has 0 unspecified atom stereocenters. The smallest absolute Gasteiger partial charge is 0.334 e. The third kappa shape index (κ3) is 2.54. The minimum atomic E-state index is -2.64. The second kappa shape index (κ2) is 5.40. The van der Waals surface area contributed by atoms with E-state index < -0.39 is 18.3 Å². The predicted molar refractivity (Wildman–Crippen MR) is 80.5 cm³/mol. The van der Waals surface area contributed by atoms with E-state index in [4.69, 9.17) is 8.85 Å². The summed E-state index contributed by atoms with van der Waals surface area (Å²) in [6.07, 6.45) is 2.19. The van der Waals surface area contributed by atoms with E-state index in [1.165, 1.54) is 12.3 Å². The van der Waals surface area contributed by atoms with Gasteiger partial charge in [-0.15, -0.1) is 10.2 Å². The topological polar surface area (TPSA) is 89.9 Å². The third-order valence-electron chi connectivity index (χ3n) is 4.04. The number of methoxy groups -OCH3 is 1. The van der Waals surface area contributed by atoms with Crippen LogP contribution in [-0.2, 0) is 0 Å². The van der Waals surface area contributed by atoms with E-state index in [0.29, 0.717) is 17.4 Å². The van der Waals surface area contributed by atoms with Crippen molar-refractivity contribution in [3.05, 3.63) is 44.7 Å². The summed E-state index contributed by atoms with van der Waals surface area (Å²) in [4.78, 5) is 25.3. The summed E-state index contributed by atoms with van der Waals surface area (Å²) in [5.74, 6) is 1.07. The van der Waals surface area contributed by atoms with Crippen LogP contribution in [0.3, 0.4) is 0 Å². The molecule has 1 aliphatic rings. The van der Waals surface area contributed by atoms with Gasteiger partial charge in [0.1, 0.15) is 0 Å². The van der Waals surface area contributed by atoms with E-state index in [1.807, 2.05) is 0 Å². The molecule has 0 radical (unpaired) electrons. The largest absolute Gasteiger partial charge is 0.480 e. The molecule has 2 aromatic rings. The number of nitrogens with zero attached hydrogens (tertiary/aromatic N) is 3. The van der Waals surface area contributed by atoms with Crippen molar-refractivity contribution in [3.63, 3.8) is 0 Å². The number of hydrogen-bond donors (Lipinski definition) is 1. The first-order chi connectivity index (χ1) is 11.7. The molecule has 0 amide bonds. The zero-order valence-electron chi connectivity index (χ0n) is 15.2. The molecule has 0 bridgehead atoms. The van der Waals surface area contributed by atoms with Crippen LogP contribution in [0, 0.1) is 11.8 Å². The Labute approximate surface area is 131 Å². The molecule has 0 saturated heterocycles. The quantitative estimate of drug-likeness (QED) is 0.913. The molecule has 0 aliphatic heterocycles. The van der Waals surface area contributed by atoms with Gasteiger partial charge in [-0.25, -0.2) is 4.79 Å². The van der Waals surface area contributed by atoms with Crippen molar-refractivity contribution < 1.29 is 8.85 Å². The molecule has 2 heterocycles. The number of hydrogen-bond acceptors (Lipinski definition) is 5. The molecule has 7 heteroatoms. The van der Waals surface area contributed by atoms with E-state index in [9.17, 15) is 9.59 Å². The number of ether oxygens (including phenoxy) is 1. The Balaban J connectivity index is 2.05. The molecule has 22 heavy (non-hydrogen) atoms. The zero-order chi connectivity index (χ0) is 18.4. The van der Waals surface area contributed by atoms with Gasteiger partial charge in [-0.2, -0.15) is 0 Å². The molecule has 1 N–H and O–H groups in total. The normalized spacial score (nSPS) is 22.8. The fraction of sp³-hybridized carbons (Fsp3) is 0.467. The average molecular weight is 305 g/mol. The molecule has 2 atom stereocenters. The van der Waals surface area contributed by atoms with Gasteiger partial charge in [0, 0.05) is 17.8 Å². The summed E-state index contributed by atoms with van der Waals surface area (Å²) in [5, 5.41) is 7.76. The highest BCUT2D eigenvalue weighted by Crippen LogP contribution is 2.53. The van der Waals surface area contributed by atoms with Crippen LogP contribution in [-0.4, -0.2) is 26.8 Å². The summed E-state index contributed by atoms with van der Waals surface area (Å²) >= 11 is 0. The summed E-state index contributed by atoms with van der Waals surface area (Å²) in [7, 11) is -2.64. The lowest BCUT2D eigenvalue weighted by molar-refractivity contribution is 0.384. The zero-order valence-corrected chi connectivity index (χ0v) is 12.2. The Hall–Kier alpha value is -2.44. The van der Waals surface area contributed by atoms with Gasteiger partial charge in [-0.3, -0.25) is 14.3 Å². The second-order valence-corrected chi connectivity index (χ2v) is 5.80. The number of aromatic amines is 1. The van der Waals surface area contributed by atoms with Crippen LogP contribution in [0.4, 0.5) is 0 Å². The molecule has 3 rings (SSSR count). The van der Waals surface area contributed by atoms with E-state index in [1.54, 1.807) is 6.07 Å². The molecule has 1 saturated carbocycles. The maximum absolute atomic E-state index is 11.9. The maximum Gasteiger partial charge on any atom is 0.334 e. The van der Waals surface area contributed by atoms with Crippen molar-refractivity contribution in [3.8, 4) is 11.7 Å². The lowest BCUT2D eigenvalue weighted by Gasteiger charge is -2.10. The first kappa shape index (κ1) is 11.2. The highest BCUT2D eigenvalue weighted by Gasteiger charge is 2.42. The summed E-state index contributed by atoms with van der Waals surface area (Å²) < 4.78 is 28.0. The SMILES string of the molecule is [2H]C([2H])([2H])Oc1nnc(-n2ccc(=O)[nH]c2=O)cc1[C@H]1C[C@@H]1C(C)C. The highest BCUT2D eigenvalue weighted by molar-refractivity contribution is 5.39. The van der Waals surface area contributed by atoms with Crippen LogP contribution in [0.15, 0.2) is 27.9 Å². The van der Waals surface area contributed by atoms with Crippen LogP contribution in [0.25, 0.3) is 5.82 Å². The molecule has 1 aliphatic carbocycles. The van der Waals surface area contributed by atoms with Gasteiger partial charge < -0.3 is 4.74 Å². The summed E-state index contributed by atoms with van der Waals surface area (Å²) in [6.45, 7) is 4.19. The maximum atomic E-state index is 11.9. The molecule has 1 fully saturated rings. The van der Waals surface area contributed by atoms with Gasteiger partial charge >= 0.3 is 5.69 Å². The van der Waals surface area contributed by atoms with Crippen LogP contribution >= 0.6 is 0 Å². The van der Waals surface area contributed by atoms with E-state index in [0.717, 1.165) is 11.0 Å². The van der Waals surface area contributed by atoms with Crippen LogP contribution in [0.2, 0.25) is 0 Å². The second-order valence-electron chi connectivity index (χ2n) is 5.80. The lowest BCUT2D eigenvalue weighted by Crippen LogP contribution is -2.28. The van der Waals surface area contributed by atoms with Crippen molar-refractivity contribution in [1.29, 1.82) is 0 Å². The van der Waals surface area contributed by atoms with E-state index >= 15 is 0 Å². The Morgan fingerprint density at radius 3 is 2.91 bits per heavy atom. The predicted octanol–water partition coefficient (Wildman–Crippen LogP) is 1.08. The number of H-pyrrole nitrogens is 1. The van der Waals surface area contributed by atoms with Gasteiger partial charge in [0.05, 0.1) is 11.2 Å². The fourth-order valence-electron chi connectivity index (χ4n) is 2.75. The van der Waals surface area contributed by atoms with Crippen LogP contribution < -0.4 is 16.0 Å². The molecule has 0 aromatic carbocycles. The third-order valence-corrected chi connectivity index (χ3v) is 4.04. The van der Waals surface area contributed by atoms with Crippen molar-refractivity contribution >= 4 is 0 Å². The van der Waals surface area contributed by atoms with E-state index in [-0.39, 0.29) is 17.6 Å². The monoisotopic (exact) mass is 305 g/mol. The first-order valence-electron chi connectivity index (χ1n) is 8.55. The standard InChI is InChI=1S/C15H18N4O3/c1-8(2)9-6-10(9)11-7-12(17-18-14(11)22-3)19-5-4-13(20)16-15(19)21/h4-5,7-10H,6H2,1-3H3,(H,16,20,21)/t9-,10+/m1/s1/i3D3. The van der Waals surface area contributed by atoms with Crippen LogP contribution in [0.1, 0.15) is 35.9 Å². The van der Waals surface area contributed by atoms with Crippen molar-refractivity contribution in [2.24, 2.45) is 11.8 Å². The number of aromatic nitrogens is 4.